The van der Waals surface area contributed by atoms with E-state index in [1.54, 1.807) is 24.3 Å². The summed E-state index contributed by atoms with van der Waals surface area (Å²) < 4.78 is 27.3. The Hall–Kier alpha value is -0.430. The number of aliphatic hydroxyl groups is 1. The van der Waals surface area contributed by atoms with Gasteiger partial charge in [-0.2, -0.15) is 0 Å². The molecule has 0 aliphatic heterocycles. The molecule has 0 radical (unpaired) electrons. The molecule has 0 saturated heterocycles. The Kier molecular flexibility index (Phi) is 5.60. The molecule has 1 fully saturated rings. The van der Waals surface area contributed by atoms with E-state index in [-0.39, 0.29) is 10.9 Å². The fraction of sp³-hybridized carbons (Fsp3) is 0.571. The minimum absolute atomic E-state index is 0.249. The van der Waals surface area contributed by atoms with E-state index in [0.717, 1.165) is 24.8 Å². The second-order valence-electron chi connectivity index (χ2n) is 5.21. The second-order valence-corrected chi connectivity index (χ2v) is 7.49. The first kappa shape index (κ1) is 15.9. The van der Waals surface area contributed by atoms with Crippen LogP contribution in [0, 0.1) is 0 Å². The van der Waals surface area contributed by atoms with Crippen LogP contribution in [0.25, 0.3) is 0 Å². The average Bonchev–Trinajstić information content (AvgIpc) is 2.64. The standard InChI is InChI=1S/C14H20BrNO3S/c15-10-11-6-8-12(9-7-11)20(18,19)16-13-4-2-1-3-5-14(13)17/h6-9,13-14,16-17H,1-5,10H2. The van der Waals surface area contributed by atoms with E-state index in [1.165, 1.54) is 0 Å². The number of rotatable bonds is 4. The SMILES string of the molecule is O=S(=O)(NC1CCCCCC1O)c1ccc(CBr)cc1. The van der Waals surface area contributed by atoms with Gasteiger partial charge in [0.15, 0.2) is 0 Å². The normalized spacial score (nSPS) is 24.3. The monoisotopic (exact) mass is 361 g/mol. The molecule has 0 amide bonds. The maximum Gasteiger partial charge on any atom is 0.240 e. The highest BCUT2D eigenvalue weighted by atomic mass is 79.9. The lowest BCUT2D eigenvalue weighted by Crippen LogP contribution is -2.42. The molecule has 2 unspecified atom stereocenters. The van der Waals surface area contributed by atoms with Gasteiger partial charge in [0.2, 0.25) is 10.0 Å². The summed E-state index contributed by atoms with van der Waals surface area (Å²) in [7, 11) is -3.56. The Morgan fingerprint density at radius 2 is 1.80 bits per heavy atom. The molecule has 0 heterocycles. The van der Waals surface area contributed by atoms with E-state index in [4.69, 9.17) is 0 Å². The van der Waals surface area contributed by atoms with Gasteiger partial charge in [0.25, 0.3) is 0 Å². The van der Waals surface area contributed by atoms with Gasteiger partial charge in [0.1, 0.15) is 0 Å². The molecule has 0 aromatic heterocycles. The van der Waals surface area contributed by atoms with Gasteiger partial charge >= 0.3 is 0 Å². The molecule has 20 heavy (non-hydrogen) atoms. The van der Waals surface area contributed by atoms with Crippen molar-refractivity contribution >= 4 is 26.0 Å². The third-order valence-corrected chi connectivity index (χ3v) is 5.83. The van der Waals surface area contributed by atoms with E-state index >= 15 is 0 Å². The average molecular weight is 362 g/mol. The molecule has 1 aliphatic rings. The first-order chi connectivity index (χ1) is 9.53. The summed E-state index contributed by atoms with van der Waals surface area (Å²) in [6.07, 6.45) is 3.73. The van der Waals surface area contributed by atoms with E-state index in [9.17, 15) is 13.5 Å². The third-order valence-electron chi connectivity index (χ3n) is 3.67. The van der Waals surface area contributed by atoms with E-state index < -0.39 is 16.1 Å². The fourth-order valence-corrected chi connectivity index (χ4v) is 4.13. The van der Waals surface area contributed by atoms with Gasteiger partial charge in [-0.15, -0.1) is 0 Å². The lowest BCUT2D eigenvalue weighted by atomic mass is 10.1. The van der Waals surface area contributed by atoms with Crippen LogP contribution in [0.5, 0.6) is 0 Å². The Bertz CT molecular complexity index is 530. The molecule has 2 rings (SSSR count). The van der Waals surface area contributed by atoms with Crippen molar-refractivity contribution in [1.29, 1.82) is 0 Å². The summed E-state index contributed by atoms with van der Waals surface area (Å²) in [5.41, 5.74) is 1.03. The van der Waals surface area contributed by atoms with Crippen molar-refractivity contribution in [2.75, 3.05) is 0 Å². The van der Waals surface area contributed by atoms with Crippen LogP contribution in [0.15, 0.2) is 29.2 Å². The molecule has 0 bridgehead atoms. The zero-order valence-corrected chi connectivity index (χ0v) is 13.7. The minimum atomic E-state index is -3.56. The van der Waals surface area contributed by atoms with Crippen LogP contribution in [-0.2, 0) is 15.4 Å². The molecule has 6 heteroatoms. The lowest BCUT2D eigenvalue weighted by molar-refractivity contribution is 0.130. The molecule has 0 spiro atoms. The van der Waals surface area contributed by atoms with Crippen LogP contribution in [0.2, 0.25) is 0 Å². The number of benzene rings is 1. The van der Waals surface area contributed by atoms with Gasteiger partial charge in [-0.1, -0.05) is 47.3 Å². The van der Waals surface area contributed by atoms with Gasteiger partial charge in [-0.3, -0.25) is 0 Å². The van der Waals surface area contributed by atoms with Gasteiger partial charge in [0, 0.05) is 11.4 Å². The van der Waals surface area contributed by atoms with Gasteiger partial charge in [-0.25, -0.2) is 13.1 Å². The summed E-state index contributed by atoms with van der Waals surface area (Å²) in [5, 5.41) is 10.7. The van der Waals surface area contributed by atoms with Crippen LogP contribution in [0.4, 0.5) is 0 Å². The quantitative estimate of drug-likeness (QED) is 0.639. The third kappa shape index (κ3) is 4.04. The maximum atomic E-state index is 12.3. The van der Waals surface area contributed by atoms with Crippen LogP contribution in [-0.4, -0.2) is 25.7 Å². The van der Waals surface area contributed by atoms with E-state index in [0.29, 0.717) is 18.2 Å². The lowest BCUT2D eigenvalue weighted by Gasteiger charge is -2.21. The van der Waals surface area contributed by atoms with Crippen molar-refractivity contribution in [2.45, 2.75) is 54.5 Å². The summed E-state index contributed by atoms with van der Waals surface area (Å²) in [4.78, 5) is 0.249. The summed E-state index contributed by atoms with van der Waals surface area (Å²) in [6.45, 7) is 0. The molecule has 112 valence electrons. The first-order valence-corrected chi connectivity index (χ1v) is 9.49. The summed E-state index contributed by atoms with van der Waals surface area (Å²) in [5.74, 6) is 0. The van der Waals surface area contributed by atoms with Crippen molar-refractivity contribution in [1.82, 2.24) is 4.72 Å². The zero-order chi connectivity index (χ0) is 14.6. The van der Waals surface area contributed by atoms with Crippen LogP contribution >= 0.6 is 15.9 Å². The number of sulfonamides is 1. The van der Waals surface area contributed by atoms with Crippen molar-refractivity contribution in [2.24, 2.45) is 0 Å². The number of hydrogen-bond acceptors (Lipinski definition) is 3. The topological polar surface area (TPSA) is 66.4 Å². The molecular formula is C14H20BrNO3S. The molecule has 1 aromatic carbocycles. The van der Waals surface area contributed by atoms with Crippen molar-refractivity contribution in [3.8, 4) is 0 Å². The summed E-state index contributed by atoms with van der Waals surface area (Å²) in [6, 6.07) is 6.39. The highest BCUT2D eigenvalue weighted by molar-refractivity contribution is 9.08. The first-order valence-electron chi connectivity index (χ1n) is 6.88. The molecule has 1 aliphatic carbocycles. The molecule has 2 N–H and O–H groups in total. The van der Waals surface area contributed by atoms with Crippen molar-refractivity contribution in [3.63, 3.8) is 0 Å². The number of aliphatic hydroxyl groups excluding tert-OH is 1. The van der Waals surface area contributed by atoms with Crippen LogP contribution < -0.4 is 4.72 Å². The van der Waals surface area contributed by atoms with Crippen molar-refractivity contribution in [3.05, 3.63) is 29.8 Å². The number of alkyl halides is 1. The highest BCUT2D eigenvalue weighted by Crippen LogP contribution is 2.20. The van der Waals surface area contributed by atoms with E-state index in [2.05, 4.69) is 20.7 Å². The maximum absolute atomic E-state index is 12.3. The number of nitrogens with one attached hydrogen (secondary N) is 1. The molecular weight excluding hydrogens is 342 g/mol. The van der Waals surface area contributed by atoms with Gasteiger partial charge < -0.3 is 5.11 Å². The second kappa shape index (κ2) is 7.02. The van der Waals surface area contributed by atoms with Crippen LogP contribution in [0.3, 0.4) is 0 Å². The van der Waals surface area contributed by atoms with Crippen molar-refractivity contribution < 1.29 is 13.5 Å². The Morgan fingerprint density at radius 1 is 1.15 bits per heavy atom. The highest BCUT2D eigenvalue weighted by Gasteiger charge is 2.26. The number of halogens is 1. The molecule has 1 aromatic rings. The smallest absolute Gasteiger partial charge is 0.240 e. The number of hydrogen-bond donors (Lipinski definition) is 2. The Balaban J connectivity index is 2.12. The fourth-order valence-electron chi connectivity index (χ4n) is 2.45. The minimum Gasteiger partial charge on any atom is -0.391 e. The van der Waals surface area contributed by atoms with E-state index in [1.807, 2.05) is 0 Å². The predicted octanol–water partition coefficient (Wildman–Crippen LogP) is 2.55. The molecule has 1 saturated carbocycles. The molecule has 2 atom stereocenters. The predicted molar refractivity (Wildman–Crippen MR) is 82.3 cm³/mol. The Morgan fingerprint density at radius 3 is 2.45 bits per heavy atom. The van der Waals surface area contributed by atoms with Gasteiger partial charge in [-0.05, 0) is 30.5 Å². The van der Waals surface area contributed by atoms with Gasteiger partial charge in [0.05, 0.1) is 11.0 Å². The zero-order valence-electron chi connectivity index (χ0n) is 11.3. The largest absolute Gasteiger partial charge is 0.391 e. The summed E-state index contributed by atoms with van der Waals surface area (Å²) >= 11 is 3.33. The molecule has 4 nitrogen and oxygen atoms in total. The Labute approximate surface area is 128 Å². The van der Waals surface area contributed by atoms with Crippen LogP contribution in [0.1, 0.15) is 37.7 Å².